The van der Waals surface area contributed by atoms with Crippen LogP contribution in [0.2, 0.25) is 0 Å². The second-order valence-electron chi connectivity index (χ2n) is 5.90. The minimum atomic E-state index is -0.128. The number of hydrogen-bond acceptors (Lipinski definition) is 3. The van der Waals surface area contributed by atoms with E-state index in [0.717, 1.165) is 11.1 Å². The number of aryl methyl sites for hydroxylation is 2. The van der Waals surface area contributed by atoms with Gasteiger partial charge in [-0.25, -0.2) is 0 Å². The van der Waals surface area contributed by atoms with E-state index in [1.807, 2.05) is 26.8 Å². The van der Waals surface area contributed by atoms with Crippen molar-refractivity contribution in [3.63, 3.8) is 0 Å². The van der Waals surface area contributed by atoms with E-state index in [2.05, 4.69) is 18.2 Å². The van der Waals surface area contributed by atoms with Crippen LogP contribution in [0.25, 0.3) is 0 Å². The third-order valence-electron chi connectivity index (χ3n) is 4.20. The van der Waals surface area contributed by atoms with Gasteiger partial charge < -0.3 is 9.64 Å². The minimum absolute atomic E-state index is 0.0681. The molecule has 0 saturated carbocycles. The van der Waals surface area contributed by atoms with Gasteiger partial charge in [0.25, 0.3) is 5.91 Å². The van der Waals surface area contributed by atoms with Crippen LogP contribution in [0.15, 0.2) is 42.5 Å². The molecular formula is C20H22N2O2. The fourth-order valence-electron chi connectivity index (χ4n) is 2.66. The van der Waals surface area contributed by atoms with Crippen molar-refractivity contribution in [2.75, 3.05) is 13.7 Å². The summed E-state index contributed by atoms with van der Waals surface area (Å²) in [5.74, 6) is 0.306. The number of nitrogens with zero attached hydrogens (tertiary/aromatic N) is 2. The molecule has 0 N–H and O–H groups in total. The lowest BCUT2D eigenvalue weighted by atomic mass is 9.98. The second kappa shape index (κ2) is 7.65. The SMILES string of the molecule is Cc1ccc(C)c(C(C)N(C)C(=O)c2ccccc2OCC#N)c1. The predicted molar refractivity (Wildman–Crippen MR) is 94.0 cm³/mol. The number of ether oxygens (including phenoxy) is 1. The number of hydrogen-bond donors (Lipinski definition) is 0. The Morgan fingerprint density at radius 3 is 2.67 bits per heavy atom. The number of carbonyl (C=O) groups excluding carboxylic acids is 1. The summed E-state index contributed by atoms with van der Waals surface area (Å²) >= 11 is 0. The van der Waals surface area contributed by atoms with E-state index in [1.165, 1.54) is 5.56 Å². The summed E-state index contributed by atoms with van der Waals surface area (Å²) in [7, 11) is 1.79. The Hall–Kier alpha value is -2.80. The van der Waals surface area contributed by atoms with E-state index in [-0.39, 0.29) is 18.6 Å². The Labute approximate surface area is 143 Å². The molecule has 1 unspecified atom stereocenters. The van der Waals surface area contributed by atoms with E-state index in [0.29, 0.717) is 11.3 Å². The number of benzene rings is 2. The van der Waals surface area contributed by atoms with Gasteiger partial charge in [-0.05, 0) is 44.0 Å². The van der Waals surface area contributed by atoms with Crippen molar-refractivity contribution < 1.29 is 9.53 Å². The Morgan fingerprint density at radius 2 is 1.96 bits per heavy atom. The molecule has 124 valence electrons. The van der Waals surface area contributed by atoms with Crippen molar-refractivity contribution in [3.8, 4) is 11.8 Å². The summed E-state index contributed by atoms with van der Waals surface area (Å²) in [4.78, 5) is 14.6. The van der Waals surface area contributed by atoms with Gasteiger partial charge in [0.2, 0.25) is 0 Å². The molecule has 2 rings (SSSR count). The zero-order valence-electron chi connectivity index (χ0n) is 14.5. The Kier molecular flexibility index (Phi) is 5.59. The van der Waals surface area contributed by atoms with Crippen molar-refractivity contribution in [2.45, 2.75) is 26.8 Å². The minimum Gasteiger partial charge on any atom is -0.478 e. The first-order valence-corrected chi connectivity index (χ1v) is 7.88. The molecule has 4 nitrogen and oxygen atoms in total. The molecule has 1 amide bonds. The van der Waals surface area contributed by atoms with Crippen molar-refractivity contribution >= 4 is 5.91 Å². The van der Waals surface area contributed by atoms with Crippen LogP contribution in [0.4, 0.5) is 0 Å². The highest BCUT2D eigenvalue weighted by molar-refractivity contribution is 5.97. The summed E-state index contributed by atoms with van der Waals surface area (Å²) in [6, 6.07) is 15.1. The van der Waals surface area contributed by atoms with Gasteiger partial charge in [0.05, 0.1) is 11.6 Å². The summed E-state index contributed by atoms with van der Waals surface area (Å²) < 4.78 is 5.38. The molecule has 0 aromatic heterocycles. The van der Waals surface area contributed by atoms with E-state index in [1.54, 1.807) is 36.2 Å². The quantitative estimate of drug-likeness (QED) is 0.835. The molecule has 0 aliphatic carbocycles. The van der Waals surface area contributed by atoms with Crippen molar-refractivity contribution in [3.05, 3.63) is 64.7 Å². The molecule has 1 atom stereocenters. The third-order valence-corrected chi connectivity index (χ3v) is 4.20. The van der Waals surface area contributed by atoms with E-state index in [9.17, 15) is 4.79 Å². The zero-order chi connectivity index (χ0) is 17.7. The Morgan fingerprint density at radius 1 is 1.25 bits per heavy atom. The number of rotatable bonds is 5. The van der Waals surface area contributed by atoms with Crippen LogP contribution >= 0.6 is 0 Å². The van der Waals surface area contributed by atoms with Crippen LogP contribution in [-0.2, 0) is 0 Å². The highest BCUT2D eigenvalue weighted by Crippen LogP contribution is 2.27. The van der Waals surface area contributed by atoms with Gasteiger partial charge in [0.15, 0.2) is 6.61 Å². The first kappa shape index (κ1) is 17.6. The lowest BCUT2D eigenvalue weighted by molar-refractivity contribution is 0.0738. The molecule has 24 heavy (non-hydrogen) atoms. The van der Waals surface area contributed by atoms with Crippen LogP contribution in [0, 0.1) is 25.2 Å². The zero-order valence-corrected chi connectivity index (χ0v) is 14.5. The average molecular weight is 322 g/mol. The van der Waals surface area contributed by atoms with Crippen LogP contribution in [0.1, 0.15) is 40.0 Å². The van der Waals surface area contributed by atoms with Gasteiger partial charge in [-0.2, -0.15) is 5.26 Å². The van der Waals surface area contributed by atoms with Gasteiger partial charge >= 0.3 is 0 Å². The van der Waals surface area contributed by atoms with Gasteiger partial charge in [0.1, 0.15) is 11.8 Å². The van der Waals surface area contributed by atoms with Gasteiger partial charge in [-0.3, -0.25) is 4.79 Å². The van der Waals surface area contributed by atoms with Crippen LogP contribution < -0.4 is 4.74 Å². The normalized spacial score (nSPS) is 11.5. The third kappa shape index (κ3) is 3.75. The molecule has 0 aliphatic heterocycles. The maximum Gasteiger partial charge on any atom is 0.257 e. The first-order chi connectivity index (χ1) is 11.5. The van der Waals surface area contributed by atoms with E-state index >= 15 is 0 Å². The Balaban J connectivity index is 2.29. The van der Waals surface area contributed by atoms with Crippen LogP contribution in [0.5, 0.6) is 5.75 Å². The maximum atomic E-state index is 12.9. The molecule has 0 bridgehead atoms. The maximum absolute atomic E-state index is 12.9. The molecule has 2 aromatic rings. The predicted octanol–water partition coefficient (Wildman–Crippen LogP) is 4.04. The van der Waals surface area contributed by atoms with Gasteiger partial charge in [-0.15, -0.1) is 0 Å². The molecule has 0 heterocycles. The molecule has 0 radical (unpaired) electrons. The van der Waals surface area contributed by atoms with Crippen molar-refractivity contribution in [2.24, 2.45) is 0 Å². The highest BCUT2D eigenvalue weighted by atomic mass is 16.5. The average Bonchev–Trinajstić information content (AvgIpc) is 2.60. The van der Waals surface area contributed by atoms with E-state index in [4.69, 9.17) is 10.00 Å². The van der Waals surface area contributed by atoms with Gasteiger partial charge in [0, 0.05) is 7.05 Å². The fraction of sp³-hybridized carbons (Fsp3) is 0.300. The van der Waals surface area contributed by atoms with E-state index < -0.39 is 0 Å². The molecule has 0 fully saturated rings. The number of nitriles is 1. The second-order valence-corrected chi connectivity index (χ2v) is 5.90. The first-order valence-electron chi connectivity index (χ1n) is 7.88. The number of amides is 1. The molecule has 0 aliphatic rings. The van der Waals surface area contributed by atoms with Crippen molar-refractivity contribution in [1.29, 1.82) is 5.26 Å². The van der Waals surface area contributed by atoms with Crippen molar-refractivity contribution in [1.82, 2.24) is 4.90 Å². The molecule has 2 aromatic carbocycles. The molecule has 0 spiro atoms. The number of carbonyl (C=O) groups is 1. The summed E-state index contributed by atoms with van der Waals surface area (Å²) in [5, 5.41) is 8.69. The van der Waals surface area contributed by atoms with Crippen LogP contribution in [0.3, 0.4) is 0 Å². The fourth-order valence-corrected chi connectivity index (χ4v) is 2.66. The monoisotopic (exact) mass is 322 g/mol. The number of para-hydroxylation sites is 1. The summed E-state index contributed by atoms with van der Waals surface area (Å²) in [6.07, 6.45) is 0. The summed E-state index contributed by atoms with van der Waals surface area (Å²) in [6.45, 7) is 6.02. The smallest absolute Gasteiger partial charge is 0.257 e. The Bertz CT molecular complexity index is 777. The molecule has 0 saturated heterocycles. The van der Waals surface area contributed by atoms with Gasteiger partial charge in [-0.1, -0.05) is 35.9 Å². The summed E-state index contributed by atoms with van der Waals surface area (Å²) in [5.41, 5.74) is 3.91. The highest BCUT2D eigenvalue weighted by Gasteiger charge is 2.22. The topological polar surface area (TPSA) is 53.3 Å². The lowest BCUT2D eigenvalue weighted by Gasteiger charge is -2.27. The molecule has 4 heteroatoms. The van der Waals surface area contributed by atoms with Crippen LogP contribution in [-0.4, -0.2) is 24.5 Å². The standard InChI is InChI=1S/C20H22N2O2/c1-14-9-10-15(2)18(13-14)16(3)22(4)20(23)17-7-5-6-8-19(17)24-12-11-21/h5-10,13,16H,12H2,1-4H3. The molecular weight excluding hydrogens is 300 g/mol. The largest absolute Gasteiger partial charge is 0.478 e. The lowest BCUT2D eigenvalue weighted by Crippen LogP contribution is -2.30.